The van der Waals surface area contributed by atoms with Gasteiger partial charge in [0.05, 0.1) is 11.5 Å². The van der Waals surface area contributed by atoms with E-state index in [-0.39, 0.29) is 16.7 Å². The van der Waals surface area contributed by atoms with Crippen molar-refractivity contribution in [1.82, 2.24) is 10.2 Å². The number of benzene rings is 1. The molecular weight excluding hydrogens is 328 g/mol. The summed E-state index contributed by atoms with van der Waals surface area (Å²) in [6.45, 7) is 2.89. The minimum atomic E-state index is -3.23. The van der Waals surface area contributed by atoms with Crippen LogP contribution >= 0.6 is 0 Å². The van der Waals surface area contributed by atoms with Crippen LogP contribution < -0.4 is 10.1 Å². The number of amides is 1. The van der Waals surface area contributed by atoms with Crippen molar-refractivity contribution in [3.05, 3.63) is 24.3 Å². The minimum absolute atomic E-state index is 0.128. The fourth-order valence-electron chi connectivity index (χ4n) is 2.78. The van der Waals surface area contributed by atoms with Gasteiger partial charge in [0.15, 0.2) is 9.84 Å². The molecule has 1 heterocycles. The lowest BCUT2D eigenvalue weighted by Gasteiger charge is -2.26. The van der Waals surface area contributed by atoms with Crippen molar-refractivity contribution >= 4 is 15.7 Å². The molecular formula is C17H26N2O4S. The topological polar surface area (TPSA) is 75.7 Å². The zero-order chi connectivity index (χ0) is 17.6. The lowest BCUT2D eigenvalue weighted by molar-refractivity contribution is -0.135. The molecule has 7 heteroatoms. The number of nitrogens with zero attached hydrogens (tertiary/aromatic N) is 1. The van der Waals surface area contributed by atoms with Gasteiger partial charge in [-0.25, -0.2) is 8.42 Å². The lowest BCUT2D eigenvalue weighted by atomic mass is 9.97. The molecule has 1 aliphatic heterocycles. The van der Waals surface area contributed by atoms with Crippen molar-refractivity contribution < 1.29 is 17.9 Å². The molecule has 0 unspecified atom stereocenters. The molecule has 1 aromatic carbocycles. The highest BCUT2D eigenvalue weighted by atomic mass is 32.2. The first-order valence-corrected chi connectivity index (χ1v) is 10.2. The second-order valence-corrected chi connectivity index (χ2v) is 8.25. The Balaban J connectivity index is 1.75. The van der Waals surface area contributed by atoms with Crippen molar-refractivity contribution in [3.63, 3.8) is 0 Å². The van der Waals surface area contributed by atoms with Crippen LogP contribution in [0.1, 0.15) is 19.3 Å². The van der Waals surface area contributed by atoms with Crippen LogP contribution in [0.25, 0.3) is 0 Å². The highest BCUT2D eigenvalue weighted by Crippen LogP contribution is 2.18. The van der Waals surface area contributed by atoms with Crippen LogP contribution in [0, 0.1) is 5.92 Å². The van der Waals surface area contributed by atoms with E-state index in [1.165, 1.54) is 12.3 Å². The molecule has 0 saturated carbocycles. The molecule has 0 aliphatic carbocycles. The maximum atomic E-state index is 12.3. The maximum absolute atomic E-state index is 12.3. The number of nitrogens with one attached hydrogen (secondary N) is 1. The first-order chi connectivity index (χ1) is 11.4. The molecule has 1 amide bonds. The zero-order valence-corrected chi connectivity index (χ0v) is 15.1. The van der Waals surface area contributed by atoms with Gasteiger partial charge in [-0.3, -0.25) is 4.79 Å². The standard InChI is InChI=1S/C17H26N2O4S/c1-19(17(20)14-7-9-18-10-8-14)11-4-12-23-15-5-3-6-16(13-15)24(2,21)22/h3,5-6,13-14,18H,4,7-12H2,1-2H3. The van der Waals surface area contributed by atoms with Gasteiger partial charge in [-0.1, -0.05) is 6.07 Å². The van der Waals surface area contributed by atoms with Crippen molar-refractivity contribution in [1.29, 1.82) is 0 Å². The second-order valence-electron chi connectivity index (χ2n) is 6.23. The van der Waals surface area contributed by atoms with Crippen LogP contribution in [0.2, 0.25) is 0 Å². The first kappa shape index (κ1) is 18.7. The average molecular weight is 354 g/mol. The predicted molar refractivity (Wildman–Crippen MR) is 92.9 cm³/mol. The van der Waals surface area contributed by atoms with Gasteiger partial charge in [-0.15, -0.1) is 0 Å². The Bertz CT molecular complexity index is 654. The molecule has 0 spiro atoms. The highest BCUT2D eigenvalue weighted by Gasteiger charge is 2.23. The number of hydrogen-bond acceptors (Lipinski definition) is 5. The van der Waals surface area contributed by atoms with Crippen LogP contribution in [-0.4, -0.2) is 58.8 Å². The number of hydrogen-bond donors (Lipinski definition) is 1. The van der Waals surface area contributed by atoms with E-state index >= 15 is 0 Å². The summed E-state index contributed by atoms with van der Waals surface area (Å²) in [5, 5.41) is 3.26. The summed E-state index contributed by atoms with van der Waals surface area (Å²) in [6, 6.07) is 6.48. The van der Waals surface area contributed by atoms with Crippen molar-refractivity contribution in [2.75, 3.05) is 39.5 Å². The molecule has 24 heavy (non-hydrogen) atoms. The Morgan fingerprint density at radius 2 is 2.04 bits per heavy atom. The average Bonchev–Trinajstić information content (AvgIpc) is 2.58. The van der Waals surface area contributed by atoms with Gasteiger partial charge in [0, 0.05) is 25.8 Å². The molecule has 1 aromatic rings. The van der Waals surface area contributed by atoms with Gasteiger partial charge >= 0.3 is 0 Å². The first-order valence-electron chi connectivity index (χ1n) is 8.26. The van der Waals surface area contributed by atoms with Crippen LogP contribution in [0.5, 0.6) is 5.75 Å². The molecule has 0 radical (unpaired) electrons. The molecule has 0 atom stereocenters. The van der Waals surface area contributed by atoms with E-state index in [2.05, 4.69) is 5.32 Å². The van der Waals surface area contributed by atoms with Crippen molar-refractivity contribution in [3.8, 4) is 5.75 Å². The summed E-state index contributed by atoms with van der Waals surface area (Å²) >= 11 is 0. The van der Waals surface area contributed by atoms with E-state index < -0.39 is 9.84 Å². The van der Waals surface area contributed by atoms with Gasteiger partial charge in [-0.05, 0) is 50.6 Å². The minimum Gasteiger partial charge on any atom is -0.493 e. The summed E-state index contributed by atoms with van der Waals surface area (Å²) in [5.41, 5.74) is 0. The number of sulfone groups is 1. The monoisotopic (exact) mass is 354 g/mol. The van der Waals surface area contributed by atoms with Gasteiger partial charge in [0.1, 0.15) is 5.75 Å². The van der Waals surface area contributed by atoms with E-state index in [1.54, 1.807) is 23.1 Å². The Hall–Kier alpha value is -1.60. The maximum Gasteiger partial charge on any atom is 0.225 e. The fraction of sp³-hybridized carbons (Fsp3) is 0.588. The van der Waals surface area contributed by atoms with Crippen LogP contribution in [0.3, 0.4) is 0 Å². The summed E-state index contributed by atoms with van der Waals surface area (Å²) < 4.78 is 28.7. The molecule has 134 valence electrons. The Labute approximate surface area is 144 Å². The number of piperidine rings is 1. The third kappa shape index (κ3) is 5.49. The summed E-state index contributed by atoms with van der Waals surface area (Å²) in [5.74, 6) is 0.865. The Morgan fingerprint density at radius 1 is 1.33 bits per heavy atom. The van der Waals surface area contributed by atoms with Crippen molar-refractivity contribution in [2.24, 2.45) is 5.92 Å². The number of carbonyl (C=O) groups excluding carboxylic acids is 1. The summed E-state index contributed by atoms with van der Waals surface area (Å²) in [6.07, 6.45) is 3.68. The van der Waals surface area contributed by atoms with Crippen LogP contribution in [-0.2, 0) is 14.6 Å². The van der Waals surface area contributed by atoms with Gasteiger partial charge in [-0.2, -0.15) is 0 Å². The second kappa shape index (κ2) is 8.48. The molecule has 0 bridgehead atoms. The molecule has 1 fully saturated rings. The van der Waals surface area contributed by atoms with Crippen LogP contribution in [0.4, 0.5) is 0 Å². The fourth-order valence-corrected chi connectivity index (χ4v) is 3.43. The Kier molecular flexibility index (Phi) is 6.62. The number of carbonyl (C=O) groups is 1. The molecule has 1 saturated heterocycles. The molecule has 6 nitrogen and oxygen atoms in total. The highest BCUT2D eigenvalue weighted by molar-refractivity contribution is 7.90. The number of rotatable bonds is 7. The molecule has 0 aromatic heterocycles. The van der Waals surface area contributed by atoms with Gasteiger partial charge in [0.25, 0.3) is 0 Å². The van der Waals surface area contributed by atoms with Crippen LogP contribution in [0.15, 0.2) is 29.2 Å². The third-order valence-electron chi connectivity index (χ3n) is 4.20. The summed E-state index contributed by atoms with van der Waals surface area (Å²) in [4.78, 5) is 14.3. The SMILES string of the molecule is CN(CCCOc1cccc(S(C)(=O)=O)c1)C(=O)C1CCNCC1. The molecule has 1 N–H and O–H groups in total. The van der Waals surface area contributed by atoms with E-state index in [0.717, 1.165) is 25.9 Å². The molecule has 2 rings (SSSR count). The van der Waals surface area contributed by atoms with E-state index in [9.17, 15) is 13.2 Å². The molecule has 1 aliphatic rings. The summed E-state index contributed by atoms with van der Waals surface area (Å²) in [7, 11) is -1.40. The van der Waals surface area contributed by atoms with Crippen molar-refractivity contribution in [2.45, 2.75) is 24.2 Å². The zero-order valence-electron chi connectivity index (χ0n) is 14.3. The van der Waals surface area contributed by atoms with E-state index in [4.69, 9.17) is 4.74 Å². The predicted octanol–water partition coefficient (Wildman–Crippen LogP) is 1.32. The smallest absolute Gasteiger partial charge is 0.225 e. The lowest BCUT2D eigenvalue weighted by Crippen LogP contribution is -2.39. The quantitative estimate of drug-likeness (QED) is 0.748. The van der Waals surface area contributed by atoms with Gasteiger partial charge < -0.3 is 15.0 Å². The third-order valence-corrected chi connectivity index (χ3v) is 5.32. The van der Waals surface area contributed by atoms with Gasteiger partial charge in [0.2, 0.25) is 5.91 Å². The largest absolute Gasteiger partial charge is 0.493 e. The number of ether oxygens (including phenoxy) is 1. The van der Waals surface area contributed by atoms with E-state index in [0.29, 0.717) is 25.3 Å². The van der Waals surface area contributed by atoms with E-state index in [1.807, 2.05) is 7.05 Å². The Morgan fingerprint density at radius 3 is 2.71 bits per heavy atom. The normalized spacial score (nSPS) is 15.9.